The summed E-state index contributed by atoms with van der Waals surface area (Å²) in [6.45, 7) is 1.20. The highest BCUT2D eigenvalue weighted by atomic mass is 16.7. The van der Waals surface area contributed by atoms with Gasteiger partial charge in [-0.1, -0.05) is 6.07 Å². The number of aliphatic hydroxyl groups excluding tert-OH is 1. The number of aliphatic hydroxyl groups is 1. The van der Waals surface area contributed by atoms with E-state index in [1.807, 2.05) is 12.1 Å². The fourth-order valence-electron chi connectivity index (χ4n) is 4.54. The molecular weight excluding hydrogens is 386 g/mol. The number of fused-ring (bicyclic) bond motifs is 2. The van der Waals surface area contributed by atoms with Crippen molar-refractivity contribution in [1.82, 2.24) is 0 Å². The third-order valence-electron chi connectivity index (χ3n) is 6.20. The number of rotatable bonds is 7. The number of aromatic hydroxyl groups is 1. The Morgan fingerprint density at radius 1 is 1.20 bits per heavy atom. The molecule has 0 saturated heterocycles. The second-order valence-corrected chi connectivity index (χ2v) is 8.05. The molecule has 2 aromatic rings. The molecule has 3 atom stereocenters. The van der Waals surface area contributed by atoms with Crippen LogP contribution in [-0.2, 0) is 12.8 Å². The number of methoxy groups -OCH3 is 2. The van der Waals surface area contributed by atoms with Crippen LogP contribution >= 0.6 is 0 Å². The summed E-state index contributed by atoms with van der Waals surface area (Å²) in [7, 11) is 5.36. The molecule has 0 fully saturated rings. The Labute approximate surface area is 176 Å². The Bertz CT molecular complexity index is 915. The van der Waals surface area contributed by atoms with E-state index in [2.05, 4.69) is 13.1 Å². The van der Waals surface area contributed by atoms with Gasteiger partial charge in [-0.2, -0.15) is 0 Å². The molecule has 2 aliphatic rings. The smallest absolute Gasteiger partial charge is 0.231 e. The van der Waals surface area contributed by atoms with Crippen molar-refractivity contribution in [3.05, 3.63) is 41.0 Å². The van der Waals surface area contributed by atoms with Crippen LogP contribution in [0.1, 0.15) is 35.6 Å². The van der Waals surface area contributed by atoms with Gasteiger partial charge in [0.25, 0.3) is 0 Å². The van der Waals surface area contributed by atoms with E-state index in [4.69, 9.17) is 18.9 Å². The van der Waals surface area contributed by atoms with Crippen LogP contribution in [0.4, 0.5) is 0 Å². The van der Waals surface area contributed by atoms with E-state index >= 15 is 0 Å². The third-order valence-corrected chi connectivity index (χ3v) is 6.20. The Balaban J connectivity index is 1.51. The topological polar surface area (TPSA) is 81.8 Å². The molecule has 0 saturated carbocycles. The minimum atomic E-state index is -0.467. The van der Waals surface area contributed by atoms with Crippen LogP contribution in [0.3, 0.4) is 0 Å². The fraction of sp³-hybridized carbons (Fsp3) is 0.478. The van der Waals surface area contributed by atoms with Gasteiger partial charge in [0.15, 0.2) is 23.0 Å². The Hall–Kier alpha value is -2.64. The first-order chi connectivity index (χ1) is 14.5. The van der Waals surface area contributed by atoms with Gasteiger partial charge < -0.3 is 34.1 Å². The summed E-state index contributed by atoms with van der Waals surface area (Å²) in [6, 6.07) is 7.49. The van der Waals surface area contributed by atoms with E-state index in [0.717, 1.165) is 35.6 Å². The van der Waals surface area contributed by atoms with Gasteiger partial charge in [0.05, 0.1) is 39.5 Å². The summed E-state index contributed by atoms with van der Waals surface area (Å²) in [5.74, 6) is 2.72. The zero-order valence-corrected chi connectivity index (χ0v) is 17.7. The zero-order valence-electron chi connectivity index (χ0n) is 17.7. The zero-order chi connectivity index (χ0) is 21.3. The van der Waals surface area contributed by atoms with Gasteiger partial charge in [-0.05, 0) is 42.2 Å². The first-order valence-electron chi connectivity index (χ1n) is 10.4. The molecule has 2 heterocycles. The number of nitrogens with one attached hydrogen (secondary N) is 1. The van der Waals surface area contributed by atoms with E-state index in [1.54, 1.807) is 13.2 Å². The average Bonchev–Trinajstić information content (AvgIpc) is 3.22. The largest absolute Gasteiger partial charge is 0.504 e. The minimum absolute atomic E-state index is 0.113. The van der Waals surface area contributed by atoms with E-state index < -0.39 is 6.10 Å². The lowest BCUT2D eigenvalue weighted by Gasteiger charge is -2.34. The second-order valence-electron chi connectivity index (χ2n) is 8.05. The van der Waals surface area contributed by atoms with Crippen molar-refractivity contribution in [1.29, 1.82) is 0 Å². The quantitative estimate of drug-likeness (QED) is 0.637. The molecule has 0 radical (unpaired) electrons. The number of hydrogen-bond donors (Lipinski definition) is 3. The predicted octanol–water partition coefficient (Wildman–Crippen LogP) is 1.63. The molecule has 2 aliphatic heterocycles. The van der Waals surface area contributed by atoms with Crippen LogP contribution < -0.4 is 23.8 Å². The van der Waals surface area contributed by atoms with Gasteiger partial charge >= 0.3 is 0 Å². The number of ether oxygens (including phenoxy) is 4. The predicted molar refractivity (Wildman–Crippen MR) is 111 cm³/mol. The lowest BCUT2D eigenvalue weighted by Crippen LogP contribution is -3.10. The SMILES string of the molecule is COc1cc(CC[C@@H](O)C[C@@H]2c3c(cc4c(c3OC)OCO4)CC[NH+]2C)ccc1O. The summed E-state index contributed by atoms with van der Waals surface area (Å²) in [5, 5.41) is 20.6. The van der Waals surface area contributed by atoms with Gasteiger partial charge in [0, 0.05) is 12.8 Å². The van der Waals surface area contributed by atoms with Gasteiger partial charge in [0.1, 0.15) is 6.04 Å². The molecule has 3 N–H and O–H groups in total. The molecule has 30 heavy (non-hydrogen) atoms. The molecule has 7 heteroatoms. The maximum absolute atomic E-state index is 10.9. The summed E-state index contributed by atoms with van der Waals surface area (Å²) >= 11 is 0. The van der Waals surface area contributed by atoms with Crippen LogP contribution in [-0.4, -0.2) is 50.9 Å². The molecule has 2 aromatic carbocycles. The lowest BCUT2D eigenvalue weighted by molar-refractivity contribution is -0.915. The fourth-order valence-corrected chi connectivity index (χ4v) is 4.54. The highest BCUT2D eigenvalue weighted by molar-refractivity contribution is 5.61. The molecule has 1 unspecified atom stereocenters. The van der Waals surface area contributed by atoms with Crippen LogP contribution in [0.15, 0.2) is 24.3 Å². The van der Waals surface area contributed by atoms with Crippen molar-refractivity contribution >= 4 is 0 Å². The number of phenols is 1. The number of phenolic OH excluding ortho intramolecular Hbond substituents is 1. The summed E-state index contributed by atoms with van der Waals surface area (Å²) in [5.41, 5.74) is 3.35. The van der Waals surface area contributed by atoms with Gasteiger partial charge in [-0.15, -0.1) is 0 Å². The number of hydrogen-bond acceptors (Lipinski definition) is 6. The summed E-state index contributed by atoms with van der Waals surface area (Å²) in [4.78, 5) is 1.35. The van der Waals surface area contributed by atoms with Crippen LogP contribution in [0, 0.1) is 0 Å². The van der Waals surface area contributed by atoms with E-state index in [0.29, 0.717) is 30.8 Å². The molecule has 7 nitrogen and oxygen atoms in total. The van der Waals surface area contributed by atoms with Gasteiger partial charge in [0.2, 0.25) is 12.5 Å². The molecule has 0 aliphatic carbocycles. The Morgan fingerprint density at radius 3 is 2.80 bits per heavy atom. The normalized spacial score (nSPS) is 20.5. The van der Waals surface area contributed by atoms with Crippen molar-refractivity contribution in [2.24, 2.45) is 0 Å². The third kappa shape index (κ3) is 3.87. The highest BCUT2D eigenvalue weighted by Crippen LogP contribution is 2.48. The van der Waals surface area contributed by atoms with Crippen LogP contribution in [0.5, 0.6) is 28.7 Å². The summed E-state index contributed by atoms with van der Waals surface area (Å²) < 4.78 is 22.2. The summed E-state index contributed by atoms with van der Waals surface area (Å²) in [6.07, 6.45) is 2.43. The molecule has 0 aromatic heterocycles. The monoisotopic (exact) mass is 416 g/mol. The standard InChI is InChI=1S/C23H29NO6/c1-24-9-8-15-11-20-22(30-13-29-20)23(28-3)21(15)17(24)12-16(25)6-4-14-5-7-18(26)19(10-14)27-2/h5,7,10-11,16-17,25-26H,4,6,8-9,12-13H2,1-3H3/p+1/t16-,17-/m1/s1. The van der Waals surface area contributed by atoms with Crippen molar-refractivity contribution in [3.8, 4) is 28.7 Å². The van der Waals surface area contributed by atoms with E-state index in [9.17, 15) is 10.2 Å². The Kier molecular flexibility index (Phi) is 5.92. The van der Waals surface area contributed by atoms with Crippen molar-refractivity contribution in [2.75, 3.05) is 34.6 Å². The molecular formula is C23H30NO6+. The number of quaternary nitrogens is 1. The van der Waals surface area contributed by atoms with Gasteiger partial charge in [-0.25, -0.2) is 0 Å². The van der Waals surface area contributed by atoms with E-state index in [1.165, 1.54) is 17.6 Å². The number of likely N-dealkylation sites (N-methyl/N-ethyl adjacent to an activating group) is 1. The first kappa shape index (κ1) is 20.6. The molecule has 0 amide bonds. The van der Waals surface area contributed by atoms with Crippen LogP contribution in [0.2, 0.25) is 0 Å². The average molecular weight is 416 g/mol. The molecule has 0 bridgehead atoms. The molecule has 0 spiro atoms. The van der Waals surface area contributed by atoms with Crippen molar-refractivity contribution in [2.45, 2.75) is 37.8 Å². The minimum Gasteiger partial charge on any atom is -0.504 e. The number of benzene rings is 2. The number of aryl methyl sites for hydroxylation is 1. The van der Waals surface area contributed by atoms with E-state index in [-0.39, 0.29) is 18.6 Å². The first-order valence-corrected chi connectivity index (χ1v) is 10.4. The van der Waals surface area contributed by atoms with Crippen molar-refractivity contribution < 1.29 is 34.1 Å². The van der Waals surface area contributed by atoms with Gasteiger partial charge in [-0.3, -0.25) is 0 Å². The molecule has 4 rings (SSSR count). The maximum atomic E-state index is 10.9. The van der Waals surface area contributed by atoms with Crippen LogP contribution in [0.25, 0.3) is 0 Å². The Morgan fingerprint density at radius 2 is 2.03 bits per heavy atom. The lowest BCUT2D eigenvalue weighted by atomic mass is 9.87. The second kappa shape index (κ2) is 8.62. The molecule has 162 valence electrons. The van der Waals surface area contributed by atoms with Crippen molar-refractivity contribution in [3.63, 3.8) is 0 Å². The maximum Gasteiger partial charge on any atom is 0.231 e. The highest BCUT2D eigenvalue weighted by Gasteiger charge is 2.37.